The van der Waals surface area contributed by atoms with E-state index in [1.54, 1.807) is 24.6 Å². The Morgan fingerprint density at radius 1 is 1.29 bits per heavy atom. The summed E-state index contributed by atoms with van der Waals surface area (Å²) in [5, 5.41) is 10.5. The van der Waals surface area contributed by atoms with Gasteiger partial charge in [-0.25, -0.2) is 19.7 Å². The van der Waals surface area contributed by atoms with Crippen molar-refractivity contribution in [3.63, 3.8) is 0 Å². The van der Waals surface area contributed by atoms with Crippen LogP contribution in [0.5, 0.6) is 11.6 Å². The number of hydrogen-bond donors (Lipinski definition) is 1. The lowest BCUT2D eigenvalue weighted by Crippen LogP contribution is -2.40. The van der Waals surface area contributed by atoms with Crippen molar-refractivity contribution in [1.29, 1.82) is 0 Å². The highest BCUT2D eigenvalue weighted by atomic mass is 32.1. The number of aryl methyl sites for hydroxylation is 1. The average molecular weight is 479 g/mol. The molecule has 1 N–H and O–H groups in total. The molecule has 4 aromatic rings. The Morgan fingerprint density at radius 2 is 2.12 bits per heavy atom. The Kier molecular flexibility index (Phi) is 5.73. The monoisotopic (exact) mass is 478 g/mol. The highest BCUT2D eigenvalue weighted by Crippen LogP contribution is 2.41. The fourth-order valence-corrected chi connectivity index (χ4v) is 5.55. The van der Waals surface area contributed by atoms with Crippen LogP contribution in [0.25, 0.3) is 31.8 Å². The largest absolute Gasteiger partial charge is 0.488 e. The fraction of sp³-hybridized carbons (Fsp3) is 0.360. The Morgan fingerprint density at radius 3 is 2.85 bits per heavy atom. The number of amides is 1. The summed E-state index contributed by atoms with van der Waals surface area (Å²) >= 11 is 1.61. The first-order valence-electron chi connectivity index (χ1n) is 11.2. The van der Waals surface area contributed by atoms with E-state index >= 15 is 0 Å². The van der Waals surface area contributed by atoms with Crippen molar-refractivity contribution in [2.75, 3.05) is 20.2 Å². The second-order valence-electron chi connectivity index (χ2n) is 9.03. The molecule has 176 valence electrons. The van der Waals surface area contributed by atoms with Crippen molar-refractivity contribution in [3.8, 4) is 22.2 Å². The molecule has 0 saturated heterocycles. The maximum atomic E-state index is 11.7. The lowest BCUT2D eigenvalue weighted by Gasteiger charge is -2.24. The second kappa shape index (κ2) is 8.72. The van der Waals surface area contributed by atoms with Gasteiger partial charge in [0.25, 0.3) is 0 Å². The highest BCUT2D eigenvalue weighted by molar-refractivity contribution is 7.22. The SMILES string of the molecule is COc1cnc2c(-c3nc4ccc5c(c4s3)CC(CN(CC(C)C)C(=O)O)O5)cc(C)cc2n1. The molecule has 1 amide bonds. The molecular formula is C25H26N4O4S. The van der Waals surface area contributed by atoms with Gasteiger partial charge in [0.2, 0.25) is 5.88 Å². The number of thiazole rings is 1. The molecule has 1 unspecified atom stereocenters. The van der Waals surface area contributed by atoms with Gasteiger partial charge in [0.05, 0.1) is 41.1 Å². The van der Waals surface area contributed by atoms with Crippen LogP contribution in [0.4, 0.5) is 4.79 Å². The number of rotatable bonds is 6. The van der Waals surface area contributed by atoms with E-state index in [0.29, 0.717) is 25.4 Å². The number of carboxylic acid groups (broad SMARTS) is 1. The molecule has 8 nitrogen and oxygen atoms in total. The van der Waals surface area contributed by atoms with Gasteiger partial charge in [-0.15, -0.1) is 11.3 Å². The van der Waals surface area contributed by atoms with Crippen LogP contribution < -0.4 is 9.47 Å². The van der Waals surface area contributed by atoms with Crippen LogP contribution in [-0.2, 0) is 6.42 Å². The molecule has 0 saturated carbocycles. The number of nitrogens with zero attached hydrogens (tertiary/aromatic N) is 4. The normalized spacial score (nSPS) is 15.0. The zero-order valence-corrected chi connectivity index (χ0v) is 20.3. The summed E-state index contributed by atoms with van der Waals surface area (Å²) < 4.78 is 12.5. The minimum Gasteiger partial charge on any atom is -0.488 e. The van der Waals surface area contributed by atoms with Gasteiger partial charge in [-0.3, -0.25) is 0 Å². The summed E-state index contributed by atoms with van der Waals surface area (Å²) in [5.74, 6) is 1.53. The number of benzene rings is 2. The van der Waals surface area contributed by atoms with Crippen molar-refractivity contribution in [3.05, 3.63) is 41.6 Å². The predicted octanol–water partition coefficient (Wildman–Crippen LogP) is 5.16. The van der Waals surface area contributed by atoms with E-state index in [2.05, 4.69) is 16.0 Å². The summed E-state index contributed by atoms with van der Waals surface area (Å²) in [6.45, 7) is 6.88. The molecule has 34 heavy (non-hydrogen) atoms. The van der Waals surface area contributed by atoms with Crippen molar-refractivity contribution in [2.24, 2.45) is 5.92 Å². The third-order valence-electron chi connectivity index (χ3n) is 5.83. The van der Waals surface area contributed by atoms with Crippen LogP contribution in [0.2, 0.25) is 0 Å². The first-order chi connectivity index (χ1) is 16.3. The van der Waals surface area contributed by atoms with E-state index in [9.17, 15) is 9.90 Å². The van der Waals surface area contributed by atoms with E-state index in [4.69, 9.17) is 14.5 Å². The van der Waals surface area contributed by atoms with Gasteiger partial charge in [-0.05, 0) is 42.7 Å². The lowest BCUT2D eigenvalue weighted by atomic mass is 10.1. The molecule has 0 bridgehead atoms. The molecule has 2 aromatic heterocycles. The first kappa shape index (κ1) is 22.3. The van der Waals surface area contributed by atoms with Crippen LogP contribution in [0, 0.1) is 12.8 Å². The van der Waals surface area contributed by atoms with Crippen molar-refractivity contribution < 1.29 is 19.4 Å². The molecule has 0 fully saturated rings. The van der Waals surface area contributed by atoms with E-state index < -0.39 is 6.09 Å². The summed E-state index contributed by atoms with van der Waals surface area (Å²) in [6, 6.07) is 7.97. The highest BCUT2D eigenvalue weighted by Gasteiger charge is 2.30. The van der Waals surface area contributed by atoms with Crippen molar-refractivity contribution >= 4 is 38.7 Å². The molecule has 1 atom stereocenters. The third kappa shape index (κ3) is 4.11. The number of ether oxygens (including phenoxy) is 2. The molecule has 3 heterocycles. The number of aromatic nitrogens is 3. The van der Waals surface area contributed by atoms with E-state index in [1.165, 1.54) is 4.90 Å². The predicted molar refractivity (Wildman–Crippen MR) is 132 cm³/mol. The Bertz CT molecular complexity index is 1400. The van der Waals surface area contributed by atoms with Gasteiger partial charge in [0, 0.05) is 24.1 Å². The second-order valence-corrected chi connectivity index (χ2v) is 10.0. The van der Waals surface area contributed by atoms with Gasteiger partial charge in [-0.2, -0.15) is 0 Å². The number of methoxy groups -OCH3 is 1. The molecule has 9 heteroatoms. The number of hydrogen-bond acceptors (Lipinski definition) is 7. The molecule has 5 rings (SSSR count). The van der Waals surface area contributed by atoms with Crippen LogP contribution >= 0.6 is 11.3 Å². The first-order valence-corrected chi connectivity index (χ1v) is 12.0. The Hall–Kier alpha value is -3.46. The Labute approximate surface area is 201 Å². The summed E-state index contributed by atoms with van der Waals surface area (Å²) in [6.07, 6.45) is 1.15. The standard InChI is InChI=1S/C25H26N4O4S/c1-13(2)11-29(25(30)31)12-15-9-16-20(33-15)6-5-18-23(16)34-24(28-18)17-7-14(3)8-19-22(17)26-10-21(27-19)32-4/h5-8,10,13,15H,9,11-12H2,1-4H3,(H,30,31). The molecule has 2 aromatic carbocycles. The fourth-order valence-electron chi connectivity index (χ4n) is 4.42. The smallest absolute Gasteiger partial charge is 0.407 e. The number of carbonyl (C=O) groups is 1. The molecule has 1 aliphatic rings. The van der Waals surface area contributed by atoms with Crippen LogP contribution in [0.3, 0.4) is 0 Å². The molecular weight excluding hydrogens is 452 g/mol. The van der Waals surface area contributed by atoms with Gasteiger partial charge in [-0.1, -0.05) is 13.8 Å². The zero-order valence-electron chi connectivity index (χ0n) is 19.5. The van der Waals surface area contributed by atoms with E-state index in [0.717, 1.165) is 48.7 Å². The van der Waals surface area contributed by atoms with E-state index in [-0.39, 0.29) is 12.0 Å². The Balaban J connectivity index is 1.50. The van der Waals surface area contributed by atoms with Gasteiger partial charge < -0.3 is 19.5 Å². The van der Waals surface area contributed by atoms with Crippen LogP contribution in [-0.4, -0.2) is 57.4 Å². The maximum absolute atomic E-state index is 11.7. The van der Waals surface area contributed by atoms with Gasteiger partial charge >= 0.3 is 6.09 Å². The average Bonchev–Trinajstić information content (AvgIpc) is 3.40. The topological polar surface area (TPSA) is 97.7 Å². The summed E-state index contributed by atoms with van der Waals surface area (Å²) in [4.78, 5) is 27.2. The molecule has 0 spiro atoms. The van der Waals surface area contributed by atoms with Crippen LogP contribution in [0.15, 0.2) is 30.5 Å². The summed E-state index contributed by atoms with van der Waals surface area (Å²) in [7, 11) is 1.58. The number of fused-ring (bicyclic) bond motifs is 4. The minimum absolute atomic E-state index is 0.209. The molecule has 1 aliphatic heterocycles. The third-order valence-corrected chi connectivity index (χ3v) is 7.00. The maximum Gasteiger partial charge on any atom is 0.407 e. The molecule has 0 aliphatic carbocycles. The minimum atomic E-state index is -0.914. The zero-order chi connectivity index (χ0) is 24.0. The van der Waals surface area contributed by atoms with Crippen LogP contribution in [0.1, 0.15) is 25.0 Å². The quantitative estimate of drug-likeness (QED) is 0.409. The summed E-state index contributed by atoms with van der Waals surface area (Å²) in [5.41, 5.74) is 5.53. The van der Waals surface area contributed by atoms with Gasteiger partial charge in [0.1, 0.15) is 16.9 Å². The van der Waals surface area contributed by atoms with Crippen molar-refractivity contribution in [2.45, 2.75) is 33.3 Å². The van der Waals surface area contributed by atoms with Gasteiger partial charge in [0.15, 0.2) is 0 Å². The molecule has 0 radical (unpaired) electrons. The van der Waals surface area contributed by atoms with Crippen molar-refractivity contribution in [1.82, 2.24) is 19.9 Å². The lowest BCUT2D eigenvalue weighted by molar-refractivity contribution is 0.110. The van der Waals surface area contributed by atoms with E-state index in [1.807, 2.05) is 39.0 Å².